The number of rotatable bonds is 6. The van der Waals surface area contributed by atoms with Gasteiger partial charge < -0.3 is 19.2 Å². The average molecular weight is 424 g/mol. The van der Waals surface area contributed by atoms with Gasteiger partial charge in [0.15, 0.2) is 8.32 Å². The number of amides is 1. The van der Waals surface area contributed by atoms with Gasteiger partial charge in [0.2, 0.25) is 5.91 Å². The molecule has 2 aliphatic rings. The number of nitrogens with one attached hydrogen (secondary N) is 1. The van der Waals surface area contributed by atoms with Crippen molar-refractivity contribution < 1.29 is 28.3 Å². The number of ether oxygens (including phenoxy) is 2. The van der Waals surface area contributed by atoms with Crippen molar-refractivity contribution in [1.82, 2.24) is 5.32 Å². The SMILES string of the molecule is COC(=O)C1=C(C(=O)OC)CC([C@H]2NC(=O)[C@@H]2[C@H](C)O[Si](C)(C)C(C)(C)C)=CC1. The van der Waals surface area contributed by atoms with E-state index in [1.807, 2.05) is 13.0 Å². The first-order valence-corrected chi connectivity index (χ1v) is 12.8. The first-order valence-electron chi connectivity index (χ1n) is 9.89. The summed E-state index contributed by atoms with van der Waals surface area (Å²) in [4.78, 5) is 36.6. The number of hydrogen-bond acceptors (Lipinski definition) is 6. The highest BCUT2D eigenvalue weighted by molar-refractivity contribution is 6.74. The lowest BCUT2D eigenvalue weighted by Gasteiger charge is -2.46. The minimum absolute atomic E-state index is 0.0390. The maximum Gasteiger partial charge on any atom is 0.334 e. The lowest BCUT2D eigenvalue weighted by Crippen LogP contribution is -2.64. The predicted octanol–water partition coefficient (Wildman–Crippen LogP) is 2.87. The molecule has 0 unspecified atom stereocenters. The van der Waals surface area contributed by atoms with E-state index in [1.54, 1.807) is 0 Å². The van der Waals surface area contributed by atoms with E-state index < -0.39 is 20.3 Å². The van der Waals surface area contributed by atoms with Crippen LogP contribution in [0.15, 0.2) is 22.8 Å². The van der Waals surface area contributed by atoms with E-state index >= 15 is 0 Å². The number of allylic oxidation sites excluding steroid dienone is 1. The van der Waals surface area contributed by atoms with Crippen LogP contribution in [0, 0.1) is 5.92 Å². The second-order valence-electron chi connectivity index (χ2n) is 9.20. The molecule has 0 spiro atoms. The molecule has 162 valence electrons. The monoisotopic (exact) mass is 423 g/mol. The molecular formula is C21H33NO6Si. The molecule has 0 saturated carbocycles. The Bertz CT molecular complexity index is 762. The van der Waals surface area contributed by atoms with Gasteiger partial charge in [0.05, 0.1) is 43.4 Å². The smallest absolute Gasteiger partial charge is 0.334 e. The molecule has 3 atom stereocenters. The van der Waals surface area contributed by atoms with Crippen molar-refractivity contribution in [3.8, 4) is 0 Å². The molecular weight excluding hydrogens is 390 g/mol. The topological polar surface area (TPSA) is 90.9 Å². The standard InChI is InChI=1S/C21H33NO6Si/c1-12(28-29(7,8)21(2,3)4)16-17(22-18(16)23)13-9-10-14(19(24)26-5)15(11-13)20(25)27-6/h9,12,16-17H,10-11H2,1-8H3,(H,22,23)/t12-,16+,17+/m0/s1. The van der Waals surface area contributed by atoms with Crippen LogP contribution in [0.25, 0.3) is 0 Å². The third kappa shape index (κ3) is 4.64. The highest BCUT2D eigenvalue weighted by atomic mass is 28.4. The molecule has 1 aliphatic heterocycles. The molecule has 0 aromatic carbocycles. The number of esters is 2. The largest absolute Gasteiger partial charge is 0.466 e. The highest BCUT2D eigenvalue weighted by Crippen LogP contribution is 2.40. The van der Waals surface area contributed by atoms with Gasteiger partial charge in [-0.05, 0) is 37.0 Å². The lowest BCUT2D eigenvalue weighted by atomic mass is 9.76. The van der Waals surface area contributed by atoms with Crippen LogP contribution in [0.2, 0.25) is 18.1 Å². The van der Waals surface area contributed by atoms with Crippen molar-refractivity contribution in [2.75, 3.05) is 14.2 Å². The van der Waals surface area contributed by atoms with Crippen molar-refractivity contribution in [2.45, 2.75) is 70.8 Å². The van der Waals surface area contributed by atoms with Crippen LogP contribution in [-0.2, 0) is 28.3 Å². The maximum absolute atomic E-state index is 12.4. The summed E-state index contributed by atoms with van der Waals surface area (Å²) in [5.74, 6) is -1.47. The predicted molar refractivity (Wildman–Crippen MR) is 112 cm³/mol. The van der Waals surface area contributed by atoms with E-state index in [-0.39, 0.29) is 47.4 Å². The van der Waals surface area contributed by atoms with Gasteiger partial charge in [0.25, 0.3) is 0 Å². The van der Waals surface area contributed by atoms with Gasteiger partial charge in [-0.15, -0.1) is 0 Å². The maximum atomic E-state index is 12.4. The molecule has 1 N–H and O–H groups in total. The van der Waals surface area contributed by atoms with E-state index in [0.717, 1.165) is 5.57 Å². The van der Waals surface area contributed by atoms with E-state index in [2.05, 4.69) is 39.2 Å². The molecule has 1 aliphatic carbocycles. The molecule has 1 saturated heterocycles. The number of carbonyl (C=O) groups is 3. The van der Waals surface area contributed by atoms with Crippen molar-refractivity contribution >= 4 is 26.2 Å². The van der Waals surface area contributed by atoms with E-state index in [4.69, 9.17) is 13.9 Å². The fraction of sp³-hybridized carbons (Fsp3) is 0.667. The van der Waals surface area contributed by atoms with Crippen LogP contribution in [0.3, 0.4) is 0 Å². The molecule has 0 bridgehead atoms. The van der Waals surface area contributed by atoms with Crippen LogP contribution in [0.5, 0.6) is 0 Å². The quantitative estimate of drug-likeness (QED) is 0.306. The van der Waals surface area contributed by atoms with Gasteiger partial charge in [0, 0.05) is 6.42 Å². The zero-order chi connectivity index (χ0) is 22.1. The average Bonchev–Trinajstić information content (AvgIpc) is 2.62. The summed E-state index contributed by atoms with van der Waals surface area (Å²) in [5, 5.41) is 2.98. The Labute approximate surface area is 174 Å². The number of hydrogen-bond donors (Lipinski definition) is 1. The molecule has 8 heteroatoms. The van der Waals surface area contributed by atoms with Gasteiger partial charge in [0.1, 0.15) is 0 Å². The molecule has 0 aromatic heterocycles. The molecule has 29 heavy (non-hydrogen) atoms. The molecule has 2 rings (SSSR count). The van der Waals surface area contributed by atoms with Crippen molar-refractivity contribution in [3.63, 3.8) is 0 Å². The zero-order valence-corrected chi connectivity index (χ0v) is 19.7. The van der Waals surface area contributed by atoms with Gasteiger partial charge in [-0.25, -0.2) is 9.59 Å². The van der Waals surface area contributed by atoms with Crippen LogP contribution in [0.1, 0.15) is 40.5 Å². The Morgan fingerprint density at radius 2 is 1.69 bits per heavy atom. The van der Waals surface area contributed by atoms with Crippen molar-refractivity contribution in [3.05, 3.63) is 22.8 Å². The van der Waals surface area contributed by atoms with Crippen LogP contribution >= 0.6 is 0 Å². The van der Waals surface area contributed by atoms with Gasteiger partial charge in [-0.1, -0.05) is 26.8 Å². The van der Waals surface area contributed by atoms with Crippen LogP contribution in [-0.4, -0.2) is 52.5 Å². The second kappa shape index (κ2) is 8.43. The Hall–Kier alpha value is -1.93. The summed E-state index contributed by atoms with van der Waals surface area (Å²) in [6.07, 6.45) is 2.16. The Morgan fingerprint density at radius 1 is 1.14 bits per heavy atom. The van der Waals surface area contributed by atoms with E-state index in [1.165, 1.54) is 14.2 Å². The molecule has 1 fully saturated rings. The molecule has 7 nitrogen and oxygen atoms in total. The van der Waals surface area contributed by atoms with Gasteiger partial charge in [-0.3, -0.25) is 4.79 Å². The van der Waals surface area contributed by atoms with E-state index in [0.29, 0.717) is 5.57 Å². The first-order chi connectivity index (χ1) is 13.3. The molecule has 0 aromatic rings. The van der Waals surface area contributed by atoms with Crippen molar-refractivity contribution in [1.29, 1.82) is 0 Å². The minimum atomic E-state index is -2.03. The van der Waals surface area contributed by atoms with Gasteiger partial charge >= 0.3 is 11.9 Å². The summed E-state index contributed by atoms with van der Waals surface area (Å²) in [6, 6.07) is -0.221. The Morgan fingerprint density at radius 3 is 2.17 bits per heavy atom. The third-order valence-electron chi connectivity index (χ3n) is 6.33. The Balaban J connectivity index is 2.21. The number of β-lactam (4-membered cyclic amide) rings is 1. The summed E-state index contributed by atoms with van der Waals surface area (Å²) >= 11 is 0. The fourth-order valence-corrected chi connectivity index (χ4v) is 4.97. The Kier molecular flexibility index (Phi) is 6.79. The number of methoxy groups -OCH3 is 2. The lowest BCUT2D eigenvalue weighted by molar-refractivity contribution is -0.140. The molecule has 1 amide bonds. The normalized spacial score (nSPS) is 23.6. The molecule has 0 radical (unpaired) electrons. The van der Waals surface area contributed by atoms with E-state index in [9.17, 15) is 14.4 Å². The van der Waals surface area contributed by atoms with Crippen molar-refractivity contribution in [2.24, 2.45) is 5.92 Å². The summed E-state index contributed by atoms with van der Waals surface area (Å²) in [6.45, 7) is 12.8. The van der Waals surface area contributed by atoms with Crippen LogP contribution < -0.4 is 5.32 Å². The zero-order valence-electron chi connectivity index (χ0n) is 18.7. The minimum Gasteiger partial charge on any atom is -0.466 e. The van der Waals surface area contributed by atoms with Crippen LogP contribution in [0.4, 0.5) is 0 Å². The summed E-state index contributed by atoms with van der Waals surface area (Å²) in [5.41, 5.74) is 1.49. The third-order valence-corrected chi connectivity index (χ3v) is 10.9. The first kappa shape index (κ1) is 23.3. The number of carbonyl (C=O) groups excluding carboxylic acids is 3. The molecule has 1 heterocycles. The highest BCUT2D eigenvalue weighted by Gasteiger charge is 2.49. The van der Waals surface area contributed by atoms with Gasteiger partial charge in [-0.2, -0.15) is 0 Å². The second-order valence-corrected chi connectivity index (χ2v) is 14.0. The summed E-state index contributed by atoms with van der Waals surface area (Å²) < 4.78 is 16.1. The fourth-order valence-electron chi connectivity index (χ4n) is 3.54. The summed E-state index contributed by atoms with van der Waals surface area (Å²) in [7, 11) is 0.532.